The Labute approximate surface area is 165 Å². The maximum atomic E-state index is 12.4. The van der Waals surface area contributed by atoms with Crippen LogP contribution in [0.15, 0.2) is 24.3 Å². The van der Waals surface area contributed by atoms with Crippen LogP contribution in [0.25, 0.3) is 0 Å². The van der Waals surface area contributed by atoms with Gasteiger partial charge in [0.05, 0.1) is 6.04 Å². The second kappa shape index (κ2) is 9.38. The number of carbonyl (C=O) groups excluding carboxylic acids is 2. The van der Waals surface area contributed by atoms with Gasteiger partial charge in [-0.3, -0.25) is 9.59 Å². The quantitative estimate of drug-likeness (QED) is 0.677. The van der Waals surface area contributed by atoms with E-state index in [-0.39, 0.29) is 23.3 Å². The second-order valence-corrected chi connectivity index (χ2v) is 9.77. The zero-order valence-corrected chi connectivity index (χ0v) is 18.4. The monoisotopic (exact) mass is 374 g/mol. The molecule has 1 aromatic rings. The van der Waals surface area contributed by atoms with Gasteiger partial charge in [0.15, 0.2) is 0 Å². The fourth-order valence-corrected chi connectivity index (χ4v) is 2.79. The molecule has 0 aliphatic heterocycles. The minimum Gasteiger partial charge on any atom is -0.356 e. The summed E-state index contributed by atoms with van der Waals surface area (Å²) >= 11 is 0. The van der Waals surface area contributed by atoms with Gasteiger partial charge in [0.2, 0.25) is 11.8 Å². The average Bonchev–Trinajstić information content (AvgIpc) is 2.54. The highest BCUT2D eigenvalue weighted by molar-refractivity contribution is 5.81. The van der Waals surface area contributed by atoms with E-state index in [1.165, 1.54) is 5.56 Å². The summed E-state index contributed by atoms with van der Waals surface area (Å²) in [6.45, 7) is 17.0. The Morgan fingerprint density at radius 1 is 0.963 bits per heavy atom. The van der Waals surface area contributed by atoms with Crippen LogP contribution in [0.1, 0.15) is 85.4 Å². The third kappa shape index (κ3) is 7.74. The van der Waals surface area contributed by atoms with Crippen molar-refractivity contribution >= 4 is 11.8 Å². The van der Waals surface area contributed by atoms with E-state index < -0.39 is 5.41 Å². The summed E-state index contributed by atoms with van der Waals surface area (Å²) in [5.74, 6) is 0.343. The molecule has 1 rings (SSSR count). The lowest BCUT2D eigenvalue weighted by Gasteiger charge is -2.25. The van der Waals surface area contributed by atoms with Crippen LogP contribution >= 0.6 is 0 Å². The van der Waals surface area contributed by atoms with Gasteiger partial charge in [-0.1, -0.05) is 79.7 Å². The van der Waals surface area contributed by atoms with E-state index in [2.05, 4.69) is 69.5 Å². The molecule has 2 N–H and O–H groups in total. The molecule has 0 spiro atoms. The molecule has 0 heterocycles. The van der Waals surface area contributed by atoms with Crippen molar-refractivity contribution in [1.29, 1.82) is 0 Å². The van der Waals surface area contributed by atoms with Crippen LogP contribution in [0.5, 0.6) is 0 Å². The number of hydrogen-bond acceptors (Lipinski definition) is 2. The number of amides is 2. The summed E-state index contributed by atoms with van der Waals surface area (Å²) in [6, 6.07) is 8.54. The summed E-state index contributed by atoms with van der Waals surface area (Å²) in [4.78, 5) is 24.2. The molecule has 0 aliphatic rings. The Kier molecular flexibility index (Phi) is 8.06. The lowest BCUT2D eigenvalue weighted by atomic mass is 9.85. The molecular weight excluding hydrogens is 336 g/mol. The first-order valence-corrected chi connectivity index (χ1v) is 10.0. The average molecular weight is 375 g/mol. The highest BCUT2D eigenvalue weighted by Gasteiger charge is 2.21. The fraction of sp³-hybridized carbons (Fsp3) is 0.652. The van der Waals surface area contributed by atoms with Crippen LogP contribution < -0.4 is 10.6 Å². The molecule has 0 saturated heterocycles. The van der Waals surface area contributed by atoms with Crippen LogP contribution in [0.3, 0.4) is 0 Å². The SMILES string of the molecule is CC(C)C(NC(=O)CCCNC(=O)C(C)(C)C)c1ccc(C(C)(C)C)cc1. The largest absolute Gasteiger partial charge is 0.356 e. The normalized spacial score (nSPS) is 13.4. The number of benzene rings is 1. The maximum absolute atomic E-state index is 12.4. The molecule has 0 aromatic heterocycles. The van der Waals surface area contributed by atoms with E-state index in [0.717, 1.165) is 5.56 Å². The topological polar surface area (TPSA) is 58.2 Å². The molecule has 152 valence electrons. The molecular formula is C23H38N2O2. The van der Waals surface area contributed by atoms with Crippen molar-refractivity contribution in [1.82, 2.24) is 10.6 Å². The Balaban J connectivity index is 2.59. The Morgan fingerprint density at radius 2 is 1.52 bits per heavy atom. The lowest BCUT2D eigenvalue weighted by molar-refractivity contribution is -0.128. The molecule has 1 aromatic carbocycles. The minimum absolute atomic E-state index is 0.00400. The van der Waals surface area contributed by atoms with Crippen LogP contribution in [0.2, 0.25) is 0 Å². The third-order valence-electron chi connectivity index (χ3n) is 4.67. The predicted molar refractivity (Wildman–Crippen MR) is 113 cm³/mol. The standard InChI is InChI=1S/C23H38N2O2/c1-16(2)20(17-11-13-18(14-12-17)22(3,4)5)25-19(26)10-9-15-24-21(27)23(6,7)8/h11-14,16,20H,9-10,15H2,1-8H3,(H,24,27)(H,25,26). The predicted octanol–water partition coefficient (Wildman–Crippen LogP) is 4.74. The number of carbonyl (C=O) groups is 2. The van der Waals surface area contributed by atoms with E-state index in [9.17, 15) is 9.59 Å². The van der Waals surface area contributed by atoms with Gasteiger partial charge in [-0.15, -0.1) is 0 Å². The highest BCUT2D eigenvalue weighted by atomic mass is 16.2. The van der Waals surface area contributed by atoms with Gasteiger partial charge in [0, 0.05) is 18.4 Å². The van der Waals surface area contributed by atoms with Crippen LogP contribution in [0, 0.1) is 11.3 Å². The third-order valence-corrected chi connectivity index (χ3v) is 4.67. The molecule has 0 aliphatic carbocycles. The summed E-state index contributed by atoms with van der Waals surface area (Å²) in [5, 5.41) is 6.04. The second-order valence-electron chi connectivity index (χ2n) is 9.77. The Bertz CT molecular complexity index is 619. The zero-order chi connectivity index (χ0) is 20.8. The summed E-state index contributed by atoms with van der Waals surface area (Å²) < 4.78 is 0. The van der Waals surface area contributed by atoms with Crippen molar-refractivity contribution < 1.29 is 9.59 Å². The molecule has 1 unspecified atom stereocenters. The zero-order valence-electron chi connectivity index (χ0n) is 18.4. The number of rotatable bonds is 7. The van der Waals surface area contributed by atoms with E-state index in [1.807, 2.05) is 20.8 Å². The number of nitrogens with one attached hydrogen (secondary N) is 2. The number of hydrogen-bond donors (Lipinski definition) is 2. The van der Waals surface area contributed by atoms with Gasteiger partial charge >= 0.3 is 0 Å². The van der Waals surface area contributed by atoms with Crippen molar-refractivity contribution in [2.24, 2.45) is 11.3 Å². The van der Waals surface area contributed by atoms with Crippen molar-refractivity contribution in [3.8, 4) is 0 Å². The highest BCUT2D eigenvalue weighted by Crippen LogP contribution is 2.26. The van der Waals surface area contributed by atoms with Crippen molar-refractivity contribution in [2.45, 2.75) is 79.7 Å². The summed E-state index contributed by atoms with van der Waals surface area (Å²) in [6.07, 6.45) is 1.05. The van der Waals surface area contributed by atoms with Crippen molar-refractivity contribution in [3.63, 3.8) is 0 Å². The van der Waals surface area contributed by atoms with Crippen LogP contribution in [-0.4, -0.2) is 18.4 Å². The van der Waals surface area contributed by atoms with Crippen molar-refractivity contribution in [2.75, 3.05) is 6.54 Å². The molecule has 4 heteroatoms. The molecule has 0 fully saturated rings. The molecule has 27 heavy (non-hydrogen) atoms. The first kappa shape index (κ1) is 23.2. The van der Waals surface area contributed by atoms with Gasteiger partial charge in [-0.05, 0) is 28.9 Å². The van der Waals surface area contributed by atoms with E-state index >= 15 is 0 Å². The molecule has 0 saturated carbocycles. The molecule has 0 radical (unpaired) electrons. The first-order valence-electron chi connectivity index (χ1n) is 10.0. The fourth-order valence-electron chi connectivity index (χ4n) is 2.79. The van der Waals surface area contributed by atoms with Gasteiger partial charge in [0.1, 0.15) is 0 Å². The van der Waals surface area contributed by atoms with Gasteiger partial charge < -0.3 is 10.6 Å². The first-order chi connectivity index (χ1) is 12.3. The molecule has 1 atom stereocenters. The van der Waals surface area contributed by atoms with E-state index in [1.54, 1.807) is 0 Å². The smallest absolute Gasteiger partial charge is 0.225 e. The maximum Gasteiger partial charge on any atom is 0.225 e. The Morgan fingerprint density at radius 3 is 1.96 bits per heavy atom. The summed E-state index contributed by atoms with van der Waals surface area (Å²) in [7, 11) is 0. The lowest BCUT2D eigenvalue weighted by Crippen LogP contribution is -2.36. The van der Waals surface area contributed by atoms with E-state index in [0.29, 0.717) is 25.3 Å². The Hall–Kier alpha value is -1.84. The summed E-state index contributed by atoms with van der Waals surface area (Å²) in [5.41, 5.74) is 2.14. The minimum atomic E-state index is -0.399. The van der Waals surface area contributed by atoms with Crippen LogP contribution in [0.4, 0.5) is 0 Å². The van der Waals surface area contributed by atoms with Crippen molar-refractivity contribution in [3.05, 3.63) is 35.4 Å². The van der Waals surface area contributed by atoms with Gasteiger partial charge in [0.25, 0.3) is 0 Å². The van der Waals surface area contributed by atoms with Gasteiger partial charge in [-0.25, -0.2) is 0 Å². The molecule has 2 amide bonds. The molecule has 0 bridgehead atoms. The molecule has 4 nitrogen and oxygen atoms in total. The van der Waals surface area contributed by atoms with Crippen LogP contribution in [-0.2, 0) is 15.0 Å². The van der Waals surface area contributed by atoms with Gasteiger partial charge in [-0.2, -0.15) is 0 Å². The van der Waals surface area contributed by atoms with E-state index in [4.69, 9.17) is 0 Å².